The van der Waals surface area contributed by atoms with E-state index in [2.05, 4.69) is 20.3 Å². The summed E-state index contributed by atoms with van der Waals surface area (Å²) in [5, 5.41) is 3.38. The average Bonchev–Trinajstić information content (AvgIpc) is 3.01. The summed E-state index contributed by atoms with van der Waals surface area (Å²) >= 11 is 0. The number of nitrogens with zero attached hydrogens (tertiary/aromatic N) is 4. The topological polar surface area (TPSA) is 55.6 Å². The van der Waals surface area contributed by atoms with Gasteiger partial charge in [-0.15, -0.1) is 0 Å². The van der Waals surface area contributed by atoms with E-state index < -0.39 is 0 Å². The van der Waals surface area contributed by atoms with Crippen LogP contribution >= 0.6 is 0 Å². The van der Waals surface area contributed by atoms with Crippen LogP contribution in [0.1, 0.15) is 12.1 Å². The predicted molar refractivity (Wildman–Crippen MR) is 68.9 cm³/mol. The Bertz CT molecular complexity index is 528. The van der Waals surface area contributed by atoms with Gasteiger partial charge in [0.05, 0.1) is 30.1 Å². The summed E-state index contributed by atoms with van der Waals surface area (Å²) in [6.45, 7) is 2.22. The van der Waals surface area contributed by atoms with Crippen molar-refractivity contribution >= 4 is 0 Å². The fraction of sp³-hybridized carbons (Fsp3) is 0.462. The van der Waals surface area contributed by atoms with Crippen molar-refractivity contribution in [3.63, 3.8) is 0 Å². The summed E-state index contributed by atoms with van der Waals surface area (Å²) in [6, 6.07) is 0. The first-order valence-corrected chi connectivity index (χ1v) is 6.31. The molecular weight excluding hydrogens is 226 g/mol. The van der Waals surface area contributed by atoms with Gasteiger partial charge in [-0.25, -0.2) is 9.97 Å². The Labute approximate surface area is 106 Å². The highest BCUT2D eigenvalue weighted by molar-refractivity contribution is 5.52. The molecular formula is C13H17N5. The minimum absolute atomic E-state index is 0.695. The molecule has 5 heteroatoms. The number of rotatable bonds is 3. The first-order valence-electron chi connectivity index (χ1n) is 6.31. The van der Waals surface area contributed by atoms with E-state index in [-0.39, 0.29) is 0 Å². The summed E-state index contributed by atoms with van der Waals surface area (Å²) < 4.78 is 1.96. The molecule has 1 aliphatic heterocycles. The predicted octanol–water partition coefficient (Wildman–Crippen LogP) is 1.03. The van der Waals surface area contributed by atoms with E-state index in [4.69, 9.17) is 0 Å². The SMILES string of the molecule is Cn1cncc1-c1cncc(C[C@@H]2CCNC2)n1. The highest BCUT2D eigenvalue weighted by atomic mass is 15.0. The van der Waals surface area contributed by atoms with Gasteiger partial charge in [0.25, 0.3) is 0 Å². The molecule has 0 bridgehead atoms. The summed E-state index contributed by atoms with van der Waals surface area (Å²) in [7, 11) is 1.97. The fourth-order valence-electron chi connectivity index (χ4n) is 2.42. The molecule has 0 radical (unpaired) electrons. The molecule has 1 atom stereocenters. The van der Waals surface area contributed by atoms with Crippen LogP contribution in [0.2, 0.25) is 0 Å². The Morgan fingerprint density at radius 2 is 2.28 bits per heavy atom. The zero-order chi connectivity index (χ0) is 12.4. The van der Waals surface area contributed by atoms with Gasteiger partial charge in [-0.1, -0.05) is 0 Å². The minimum atomic E-state index is 0.695. The molecule has 94 valence electrons. The third-order valence-electron chi connectivity index (χ3n) is 3.42. The van der Waals surface area contributed by atoms with E-state index in [9.17, 15) is 0 Å². The smallest absolute Gasteiger partial charge is 0.107 e. The van der Waals surface area contributed by atoms with Gasteiger partial charge in [0.1, 0.15) is 5.69 Å². The average molecular weight is 243 g/mol. The van der Waals surface area contributed by atoms with Crippen LogP contribution in [0, 0.1) is 5.92 Å². The van der Waals surface area contributed by atoms with Gasteiger partial charge >= 0.3 is 0 Å². The van der Waals surface area contributed by atoms with Crippen LogP contribution in [-0.2, 0) is 13.5 Å². The largest absolute Gasteiger partial charge is 0.332 e. The van der Waals surface area contributed by atoms with Crippen LogP contribution in [-0.4, -0.2) is 32.6 Å². The van der Waals surface area contributed by atoms with Crippen molar-refractivity contribution in [2.75, 3.05) is 13.1 Å². The van der Waals surface area contributed by atoms with E-state index in [1.807, 2.05) is 24.0 Å². The second kappa shape index (κ2) is 4.86. The molecule has 0 unspecified atom stereocenters. The third-order valence-corrected chi connectivity index (χ3v) is 3.42. The zero-order valence-corrected chi connectivity index (χ0v) is 10.5. The molecule has 0 aliphatic carbocycles. The maximum atomic E-state index is 4.69. The maximum absolute atomic E-state index is 4.69. The van der Waals surface area contributed by atoms with E-state index in [1.165, 1.54) is 6.42 Å². The molecule has 5 nitrogen and oxygen atoms in total. The summed E-state index contributed by atoms with van der Waals surface area (Å²) in [4.78, 5) is 13.1. The standard InChI is InChI=1S/C13H17N5/c1-18-9-16-8-13(18)12-7-15-6-11(17-12)4-10-2-3-14-5-10/h6-10,14H,2-5H2,1H3/t10-/m0/s1. The van der Waals surface area contributed by atoms with Crippen LogP contribution in [0.25, 0.3) is 11.4 Å². The van der Waals surface area contributed by atoms with E-state index >= 15 is 0 Å². The lowest BCUT2D eigenvalue weighted by atomic mass is 10.0. The van der Waals surface area contributed by atoms with Crippen molar-refractivity contribution in [1.29, 1.82) is 0 Å². The Kier molecular flexibility index (Phi) is 3.06. The normalized spacial score (nSPS) is 19.3. The zero-order valence-electron chi connectivity index (χ0n) is 10.5. The van der Waals surface area contributed by atoms with Gasteiger partial charge < -0.3 is 9.88 Å². The Morgan fingerprint density at radius 3 is 3.00 bits per heavy atom. The highest BCUT2D eigenvalue weighted by Crippen LogP contribution is 2.17. The molecule has 2 aromatic heterocycles. The number of hydrogen-bond donors (Lipinski definition) is 1. The van der Waals surface area contributed by atoms with Crippen LogP contribution in [0.5, 0.6) is 0 Å². The highest BCUT2D eigenvalue weighted by Gasteiger charge is 2.16. The Balaban J connectivity index is 1.82. The lowest BCUT2D eigenvalue weighted by Crippen LogP contribution is -2.11. The van der Waals surface area contributed by atoms with Gasteiger partial charge in [-0.2, -0.15) is 0 Å². The van der Waals surface area contributed by atoms with Crippen molar-refractivity contribution in [2.24, 2.45) is 13.0 Å². The third kappa shape index (κ3) is 2.26. The molecule has 0 aromatic carbocycles. The molecule has 1 saturated heterocycles. The first-order chi connectivity index (χ1) is 8.83. The Hall–Kier alpha value is -1.75. The molecule has 18 heavy (non-hydrogen) atoms. The monoisotopic (exact) mass is 243 g/mol. The Morgan fingerprint density at radius 1 is 1.33 bits per heavy atom. The van der Waals surface area contributed by atoms with Crippen molar-refractivity contribution in [3.05, 3.63) is 30.6 Å². The summed E-state index contributed by atoms with van der Waals surface area (Å²) in [5.41, 5.74) is 2.98. The maximum Gasteiger partial charge on any atom is 0.107 e. The van der Waals surface area contributed by atoms with Crippen LogP contribution in [0.4, 0.5) is 0 Å². The fourth-order valence-corrected chi connectivity index (χ4v) is 2.42. The molecule has 3 rings (SSSR count). The lowest BCUT2D eigenvalue weighted by Gasteiger charge is -2.08. The number of aryl methyl sites for hydroxylation is 1. The second-order valence-electron chi connectivity index (χ2n) is 4.85. The molecule has 1 fully saturated rings. The molecule has 2 aromatic rings. The van der Waals surface area contributed by atoms with Crippen LogP contribution in [0.15, 0.2) is 24.9 Å². The van der Waals surface area contributed by atoms with Crippen molar-refractivity contribution in [2.45, 2.75) is 12.8 Å². The summed E-state index contributed by atoms with van der Waals surface area (Å²) in [5.74, 6) is 0.695. The minimum Gasteiger partial charge on any atom is -0.332 e. The van der Waals surface area contributed by atoms with Gasteiger partial charge in [-0.05, 0) is 31.8 Å². The lowest BCUT2D eigenvalue weighted by molar-refractivity contribution is 0.570. The number of aromatic nitrogens is 4. The van der Waals surface area contributed by atoms with Gasteiger partial charge in [0, 0.05) is 13.2 Å². The molecule has 0 spiro atoms. The van der Waals surface area contributed by atoms with Crippen LogP contribution < -0.4 is 5.32 Å². The molecule has 3 heterocycles. The van der Waals surface area contributed by atoms with Crippen molar-refractivity contribution in [3.8, 4) is 11.4 Å². The molecule has 1 N–H and O–H groups in total. The molecule has 0 saturated carbocycles. The first kappa shape index (κ1) is 11.3. The number of nitrogens with one attached hydrogen (secondary N) is 1. The number of imidazole rings is 1. The second-order valence-corrected chi connectivity index (χ2v) is 4.85. The molecule has 0 amide bonds. The van der Waals surface area contributed by atoms with Gasteiger partial charge in [0.2, 0.25) is 0 Å². The summed E-state index contributed by atoms with van der Waals surface area (Å²) in [6.07, 6.45) is 9.52. The molecule has 1 aliphatic rings. The quantitative estimate of drug-likeness (QED) is 0.874. The van der Waals surface area contributed by atoms with Crippen molar-refractivity contribution in [1.82, 2.24) is 24.8 Å². The van der Waals surface area contributed by atoms with E-state index in [0.29, 0.717) is 5.92 Å². The number of hydrogen-bond acceptors (Lipinski definition) is 4. The van der Waals surface area contributed by atoms with Gasteiger partial charge in [0.15, 0.2) is 0 Å². The van der Waals surface area contributed by atoms with Gasteiger partial charge in [-0.3, -0.25) is 4.98 Å². The van der Waals surface area contributed by atoms with Crippen LogP contribution in [0.3, 0.4) is 0 Å². The van der Waals surface area contributed by atoms with Crippen molar-refractivity contribution < 1.29 is 0 Å². The van der Waals surface area contributed by atoms with E-state index in [1.54, 1.807) is 12.5 Å². The van der Waals surface area contributed by atoms with E-state index in [0.717, 1.165) is 36.6 Å².